The van der Waals surface area contributed by atoms with Gasteiger partial charge >= 0.3 is 0 Å². The van der Waals surface area contributed by atoms with E-state index in [-0.39, 0.29) is 0 Å². The maximum atomic E-state index is 4.15. The van der Waals surface area contributed by atoms with Gasteiger partial charge in [-0.15, -0.1) is 0 Å². The van der Waals surface area contributed by atoms with Crippen molar-refractivity contribution in [2.45, 2.75) is 34.1 Å². The molecule has 0 saturated carbocycles. The highest BCUT2D eigenvalue weighted by Crippen LogP contribution is 1.98. The van der Waals surface area contributed by atoms with Crippen LogP contribution >= 0.6 is 0 Å². The predicted octanol–water partition coefficient (Wildman–Crippen LogP) is 3.05. The van der Waals surface area contributed by atoms with Crippen LogP contribution < -0.4 is 0 Å². The van der Waals surface area contributed by atoms with Gasteiger partial charge in [-0.3, -0.25) is 4.98 Å². The summed E-state index contributed by atoms with van der Waals surface area (Å²) in [5.74, 6) is 0.829. The van der Waals surface area contributed by atoms with Gasteiger partial charge in [-0.25, -0.2) is 9.97 Å². The molecule has 0 aromatic carbocycles. The number of aryl methyl sites for hydroxylation is 4. The Hall–Kier alpha value is -1.77. The van der Waals surface area contributed by atoms with Gasteiger partial charge < -0.3 is 0 Å². The average Bonchev–Trinajstić information content (AvgIpc) is 2.35. The third-order valence-corrected chi connectivity index (χ3v) is 2.29. The van der Waals surface area contributed by atoms with Crippen LogP contribution in [0.2, 0.25) is 0 Å². The van der Waals surface area contributed by atoms with Crippen molar-refractivity contribution in [1.82, 2.24) is 15.0 Å². The van der Waals surface area contributed by atoms with E-state index in [1.165, 1.54) is 5.56 Å². The first-order chi connectivity index (χ1) is 8.11. The summed E-state index contributed by atoms with van der Waals surface area (Å²) in [5, 5.41) is 0. The summed E-state index contributed by atoms with van der Waals surface area (Å²) in [4.78, 5) is 12.1. The van der Waals surface area contributed by atoms with E-state index >= 15 is 0 Å². The minimum atomic E-state index is 0.829. The summed E-state index contributed by atoms with van der Waals surface area (Å²) in [6, 6.07) is 4.15. The van der Waals surface area contributed by atoms with Gasteiger partial charge in [-0.05, 0) is 44.4 Å². The first-order valence-electron chi connectivity index (χ1n) is 5.78. The molecule has 2 aromatic heterocycles. The highest BCUT2D eigenvalue weighted by Gasteiger charge is 1.86. The van der Waals surface area contributed by atoms with Crippen molar-refractivity contribution in [1.29, 1.82) is 0 Å². The quantitative estimate of drug-likeness (QED) is 0.754. The van der Waals surface area contributed by atoms with Crippen molar-refractivity contribution in [3.8, 4) is 0 Å². The van der Waals surface area contributed by atoms with Crippen LogP contribution in [0.3, 0.4) is 0 Å². The van der Waals surface area contributed by atoms with Crippen molar-refractivity contribution >= 4 is 0 Å². The molecular formula is C14H19N3. The van der Waals surface area contributed by atoms with Crippen molar-refractivity contribution < 1.29 is 0 Å². The fourth-order valence-electron chi connectivity index (χ4n) is 1.16. The molecule has 0 amide bonds. The molecule has 3 nitrogen and oxygen atoms in total. The lowest BCUT2D eigenvalue weighted by molar-refractivity contribution is 1.03. The van der Waals surface area contributed by atoms with Crippen LogP contribution in [0.25, 0.3) is 0 Å². The van der Waals surface area contributed by atoms with Crippen LogP contribution in [0.5, 0.6) is 0 Å². The SMILES string of the molecule is CCc1ccc(C)nc1.Cc1cnc(C)nc1. The third kappa shape index (κ3) is 5.20. The summed E-state index contributed by atoms with van der Waals surface area (Å²) in [6.45, 7) is 7.98. The molecule has 0 atom stereocenters. The van der Waals surface area contributed by atoms with E-state index in [1.54, 1.807) is 0 Å². The standard InChI is InChI=1S/C8H11N.C6H8N2/c1-3-8-5-4-7(2)9-6-8;1-5-3-7-6(2)8-4-5/h4-6H,3H2,1-2H3;3-4H,1-2H3. The van der Waals surface area contributed by atoms with Gasteiger partial charge in [-0.2, -0.15) is 0 Å². The lowest BCUT2D eigenvalue weighted by atomic mass is 10.2. The Morgan fingerprint density at radius 1 is 0.882 bits per heavy atom. The van der Waals surface area contributed by atoms with E-state index < -0.39 is 0 Å². The highest BCUT2D eigenvalue weighted by atomic mass is 14.8. The van der Waals surface area contributed by atoms with Crippen LogP contribution in [-0.2, 0) is 6.42 Å². The molecule has 17 heavy (non-hydrogen) atoms. The smallest absolute Gasteiger partial charge is 0.125 e. The number of nitrogens with zero attached hydrogens (tertiary/aromatic N) is 3. The van der Waals surface area contributed by atoms with E-state index in [9.17, 15) is 0 Å². The summed E-state index contributed by atoms with van der Waals surface area (Å²) in [5.41, 5.74) is 3.50. The van der Waals surface area contributed by atoms with E-state index in [1.807, 2.05) is 45.4 Å². The number of hydrogen-bond donors (Lipinski definition) is 0. The molecule has 0 fully saturated rings. The van der Waals surface area contributed by atoms with E-state index in [0.29, 0.717) is 0 Å². The van der Waals surface area contributed by atoms with Crippen LogP contribution in [0.4, 0.5) is 0 Å². The largest absolute Gasteiger partial charge is 0.261 e. The van der Waals surface area contributed by atoms with Crippen LogP contribution in [0.1, 0.15) is 29.6 Å². The topological polar surface area (TPSA) is 38.7 Å². The first-order valence-corrected chi connectivity index (χ1v) is 5.78. The molecule has 0 spiro atoms. The molecule has 0 aliphatic heterocycles. The zero-order valence-corrected chi connectivity index (χ0v) is 10.9. The Bertz CT molecular complexity index is 411. The molecule has 0 aliphatic rings. The molecule has 0 bridgehead atoms. The van der Waals surface area contributed by atoms with E-state index in [0.717, 1.165) is 23.5 Å². The van der Waals surface area contributed by atoms with Gasteiger partial charge in [0.25, 0.3) is 0 Å². The van der Waals surface area contributed by atoms with Crippen molar-refractivity contribution in [2.24, 2.45) is 0 Å². The fraction of sp³-hybridized carbons (Fsp3) is 0.357. The molecule has 2 aromatic rings. The maximum Gasteiger partial charge on any atom is 0.125 e. The molecular weight excluding hydrogens is 210 g/mol. The molecule has 0 unspecified atom stereocenters. The fourth-order valence-corrected chi connectivity index (χ4v) is 1.16. The number of aromatic nitrogens is 3. The second-order valence-corrected chi connectivity index (χ2v) is 3.97. The minimum Gasteiger partial charge on any atom is -0.261 e. The van der Waals surface area contributed by atoms with Crippen LogP contribution in [0.15, 0.2) is 30.7 Å². The molecule has 2 heterocycles. The van der Waals surface area contributed by atoms with Crippen molar-refractivity contribution in [2.75, 3.05) is 0 Å². The van der Waals surface area contributed by atoms with E-state index in [2.05, 4.69) is 27.9 Å². The van der Waals surface area contributed by atoms with E-state index in [4.69, 9.17) is 0 Å². The Morgan fingerprint density at radius 3 is 1.94 bits per heavy atom. The van der Waals surface area contributed by atoms with Crippen LogP contribution in [-0.4, -0.2) is 15.0 Å². The average molecular weight is 229 g/mol. The normalized spacial score (nSPS) is 9.41. The van der Waals surface area contributed by atoms with Gasteiger partial charge in [-0.1, -0.05) is 13.0 Å². The van der Waals surface area contributed by atoms with Gasteiger partial charge in [0.05, 0.1) is 0 Å². The Labute approximate surface area is 103 Å². The predicted molar refractivity (Wildman–Crippen MR) is 69.9 cm³/mol. The monoisotopic (exact) mass is 229 g/mol. The zero-order chi connectivity index (χ0) is 12.7. The first kappa shape index (κ1) is 13.3. The van der Waals surface area contributed by atoms with Gasteiger partial charge in [0.15, 0.2) is 0 Å². The Morgan fingerprint density at radius 2 is 1.53 bits per heavy atom. The van der Waals surface area contributed by atoms with Crippen molar-refractivity contribution in [3.63, 3.8) is 0 Å². The molecule has 90 valence electrons. The van der Waals surface area contributed by atoms with Gasteiger partial charge in [0, 0.05) is 24.3 Å². The molecule has 0 aliphatic carbocycles. The Kier molecular flexibility index (Phi) is 5.27. The zero-order valence-electron chi connectivity index (χ0n) is 10.9. The highest BCUT2D eigenvalue weighted by molar-refractivity contribution is 5.12. The second kappa shape index (κ2) is 6.74. The summed E-state index contributed by atoms with van der Waals surface area (Å²) in [6.07, 6.45) is 6.62. The molecule has 3 heteroatoms. The Balaban J connectivity index is 0.000000171. The lowest BCUT2D eigenvalue weighted by Crippen LogP contribution is -1.84. The molecule has 0 radical (unpaired) electrons. The van der Waals surface area contributed by atoms with Crippen molar-refractivity contribution in [3.05, 3.63) is 53.4 Å². The van der Waals surface area contributed by atoms with Gasteiger partial charge in [0.2, 0.25) is 0 Å². The maximum absolute atomic E-state index is 4.15. The summed E-state index contributed by atoms with van der Waals surface area (Å²) < 4.78 is 0. The van der Waals surface area contributed by atoms with Gasteiger partial charge in [0.1, 0.15) is 5.82 Å². The number of pyridine rings is 1. The molecule has 2 rings (SSSR count). The number of rotatable bonds is 1. The molecule has 0 saturated heterocycles. The summed E-state index contributed by atoms with van der Waals surface area (Å²) >= 11 is 0. The van der Waals surface area contributed by atoms with Crippen LogP contribution in [0, 0.1) is 20.8 Å². The minimum absolute atomic E-state index is 0.829. The summed E-state index contributed by atoms with van der Waals surface area (Å²) in [7, 11) is 0. The third-order valence-electron chi connectivity index (χ3n) is 2.29. The second-order valence-electron chi connectivity index (χ2n) is 3.97. The number of hydrogen-bond acceptors (Lipinski definition) is 3. The lowest BCUT2D eigenvalue weighted by Gasteiger charge is -1.93. The molecule has 0 N–H and O–H groups in total.